The second kappa shape index (κ2) is 5.58. The third-order valence-corrected chi connectivity index (χ3v) is 4.38. The molecule has 0 N–H and O–H groups in total. The number of hydrogen-bond acceptors (Lipinski definition) is 5. The maximum atomic E-state index is 13.9. The molecule has 7 heteroatoms. The van der Waals surface area contributed by atoms with Crippen molar-refractivity contribution in [1.29, 1.82) is 0 Å². The van der Waals surface area contributed by atoms with E-state index in [9.17, 15) is 18.9 Å². The number of carboxylic acid groups (broad SMARTS) is 1. The molecule has 0 heterocycles. The number of aliphatic carboxylic acids is 1. The normalized spacial score (nSPS) is 16.0. The summed E-state index contributed by atoms with van der Waals surface area (Å²) < 4.78 is 35.0. The lowest BCUT2D eigenvalue weighted by atomic mass is 10.3. The van der Waals surface area contributed by atoms with Crippen LogP contribution in [0.1, 0.15) is 27.2 Å². The Kier molecular flexibility index (Phi) is 5.42. The van der Waals surface area contributed by atoms with Gasteiger partial charge in [0.15, 0.2) is 0 Å². The largest absolute Gasteiger partial charge is 0.546 e. The second-order valence-corrected chi connectivity index (χ2v) is 4.95. The summed E-state index contributed by atoms with van der Waals surface area (Å²) in [6.45, 7) is 3.97. The van der Waals surface area contributed by atoms with Gasteiger partial charge in [-0.15, -0.1) is 0 Å². The molecule has 1 atom stereocenters. The van der Waals surface area contributed by atoms with E-state index in [1.165, 1.54) is 20.8 Å². The van der Waals surface area contributed by atoms with E-state index in [0.717, 1.165) is 0 Å². The fraction of sp³-hybridized carbons (Fsp3) is 0.875. The van der Waals surface area contributed by atoms with Crippen LogP contribution in [-0.4, -0.2) is 24.6 Å². The molecule has 0 aliphatic carbocycles. The Morgan fingerprint density at radius 3 is 1.93 bits per heavy atom. The van der Waals surface area contributed by atoms with E-state index >= 15 is 0 Å². The van der Waals surface area contributed by atoms with Crippen LogP contribution in [0.25, 0.3) is 0 Å². The van der Waals surface area contributed by atoms with Crippen LogP contribution < -0.4 is 5.11 Å². The van der Waals surface area contributed by atoms with E-state index in [2.05, 4.69) is 9.05 Å². The minimum Gasteiger partial charge on any atom is -0.546 e. The summed E-state index contributed by atoms with van der Waals surface area (Å²) in [5, 5.41) is 7.55. The highest BCUT2D eigenvalue weighted by Crippen LogP contribution is 2.62. The fourth-order valence-electron chi connectivity index (χ4n) is 1.03. The van der Waals surface area contributed by atoms with Crippen LogP contribution in [0.15, 0.2) is 0 Å². The van der Waals surface area contributed by atoms with Crippen molar-refractivity contribution >= 4 is 13.6 Å². The highest BCUT2D eigenvalue weighted by Gasteiger charge is 2.52. The number of halogens is 1. The first-order valence-electron chi connectivity index (χ1n) is 4.67. The molecule has 0 radical (unpaired) electrons. The topological polar surface area (TPSA) is 75.7 Å². The summed E-state index contributed by atoms with van der Waals surface area (Å²) in [6.07, 6.45) is -0.535. The van der Waals surface area contributed by atoms with Crippen LogP contribution in [0.2, 0.25) is 0 Å². The Labute approximate surface area is 88.1 Å². The summed E-state index contributed by atoms with van der Waals surface area (Å²) >= 11 is 0. The molecule has 0 fully saturated rings. The van der Waals surface area contributed by atoms with Crippen LogP contribution in [-0.2, 0) is 18.4 Å². The lowest BCUT2D eigenvalue weighted by molar-refractivity contribution is -0.315. The number of carboxylic acids is 1. The molecule has 0 aromatic rings. The summed E-state index contributed by atoms with van der Waals surface area (Å²) in [6, 6.07) is 0. The molecule has 15 heavy (non-hydrogen) atoms. The molecule has 0 spiro atoms. The van der Waals surface area contributed by atoms with Crippen LogP contribution in [0, 0.1) is 0 Å². The monoisotopic (exact) mass is 241 g/mol. The molecule has 0 bridgehead atoms. The zero-order valence-electron chi connectivity index (χ0n) is 8.99. The molecular weight excluding hydrogens is 226 g/mol. The quantitative estimate of drug-likeness (QED) is 0.623. The van der Waals surface area contributed by atoms with Gasteiger partial charge in [-0.1, -0.05) is 6.92 Å². The maximum Gasteiger partial charge on any atom is 0.373 e. The van der Waals surface area contributed by atoms with Crippen molar-refractivity contribution in [2.75, 3.05) is 13.2 Å². The van der Waals surface area contributed by atoms with Gasteiger partial charge in [0, 0.05) is 0 Å². The molecule has 0 aromatic heterocycles. The molecule has 0 rings (SSSR count). The van der Waals surface area contributed by atoms with E-state index in [4.69, 9.17) is 0 Å². The lowest BCUT2D eigenvalue weighted by Crippen LogP contribution is -2.45. The van der Waals surface area contributed by atoms with Gasteiger partial charge in [0.2, 0.25) is 5.41 Å². The van der Waals surface area contributed by atoms with E-state index in [0.29, 0.717) is 0 Å². The smallest absolute Gasteiger partial charge is 0.373 e. The Hall–Kier alpha value is -0.450. The molecule has 0 amide bonds. The molecule has 1 unspecified atom stereocenters. The van der Waals surface area contributed by atoms with Crippen molar-refractivity contribution in [3.63, 3.8) is 0 Å². The highest BCUT2D eigenvalue weighted by molar-refractivity contribution is 7.56. The van der Waals surface area contributed by atoms with Crippen molar-refractivity contribution < 1.29 is 27.9 Å². The van der Waals surface area contributed by atoms with Gasteiger partial charge in [-0.05, 0) is 20.3 Å². The zero-order chi connectivity index (χ0) is 12.1. The number of hydrogen-bond donors (Lipinski definition) is 0. The second-order valence-electron chi connectivity index (χ2n) is 2.73. The van der Waals surface area contributed by atoms with Gasteiger partial charge in [-0.3, -0.25) is 4.57 Å². The summed E-state index contributed by atoms with van der Waals surface area (Å²) in [5.74, 6) is -2.07. The van der Waals surface area contributed by atoms with Crippen molar-refractivity contribution in [2.24, 2.45) is 0 Å². The van der Waals surface area contributed by atoms with Crippen molar-refractivity contribution in [3.05, 3.63) is 0 Å². The Morgan fingerprint density at radius 2 is 1.73 bits per heavy atom. The van der Waals surface area contributed by atoms with Gasteiger partial charge in [-0.2, -0.15) is 0 Å². The molecule has 5 nitrogen and oxygen atoms in total. The molecule has 0 aliphatic rings. The van der Waals surface area contributed by atoms with Gasteiger partial charge in [-0.25, -0.2) is 4.39 Å². The van der Waals surface area contributed by atoms with Crippen molar-refractivity contribution in [1.82, 2.24) is 0 Å². The minimum atomic E-state index is -4.33. The van der Waals surface area contributed by atoms with Gasteiger partial charge in [0.05, 0.1) is 19.2 Å². The third kappa shape index (κ3) is 2.77. The number of alkyl halides is 1. The van der Waals surface area contributed by atoms with Crippen LogP contribution in [0.4, 0.5) is 4.39 Å². The Morgan fingerprint density at radius 1 is 1.33 bits per heavy atom. The number of carbonyl (C=O) groups excluding carboxylic acids is 1. The fourth-order valence-corrected chi connectivity index (χ4v) is 2.81. The summed E-state index contributed by atoms with van der Waals surface area (Å²) in [4.78, 5) is 10.6. The van der Waals surface area contributed by atoms with Crippen LogP contribution in [0.3, 0.4) is 0 Å². The predicted octanol–water partition coefficient (Wildman–Crippen LogP) is 1.08. The van der Waals surface area contributed by atoms with Crippen LogP contribution >= 0.6 is 7.60 Å². The first-order chi connectivity index (χ1) is 6.88. The molecule has 0 aliphatic heterocycles. The number of rotatable bonds is 7. The number of carbonyl (C=O) groups is 1. The SMILES string of the molecule is CCOP(=O)(OCC)C(F)(CC)C(=O)[O-]. The first-order valence-corrected chi connectivity index (χ1v) is 6.21. The Balaban J connectivity index is 5.19. The Bertz CT molecular complexity index is 260. The third-order valence-electron chi connectivity index (χ3n) is 1.81. The van der Waals surface area contributed by atoms with Crippen molar-refractivity contribution in [3.8, 4) is 0 Å². The molecule has 0 aromatic carbocycles. The average molecular weight is 241 g/mol. The van der Waals surface area contributed by atoms with Gasteiger partial charge in [0.1, 0.15) is 0 Å². The van der Waals surface area contributed by atoms with E-state index in [-0.39, 0.29) is 13.2 Å². The maximum absolute atomic E-state index is 13.9. The summed E-state index contributed by atoms with van der Waals surface area (Å²) in [7, 11) is -4.33. The van der Waals surface area contributed by atoms with Gasteiger partial charge in [0.25, 0.3) is 0 Å². The van der Waals surface area contributed by atoms with E-state index in [1.54, 1.807) is 0 Å². The minimum absolute atomic E-state index is 0.101. The average Bonchev–Trinajstić information content (AvgIpc) is 2.16. The first kappa shape index (κ1) is 14.6. The lowest BCUT2D eigenvalue weighted by Gasteiger charge is -2.31. The van der Waals surface area contributed by atoms with Gasteiger partial charge < -0.3 is 18.9 Å². The standard InChI is InChI=1S/C8H16FO5P/c1-4-8(9,7(10)11)15(12,13-5-2)14-6-3/h4-6H2,1-3H3,(H,10,11)/p-1. The van der Waals surface area contributed by atoms with E-state index in [1.807, 2.05) is 0 Å². The van der Waals surface area contributed by atoms with E-state index < -0.39 is 25.4 Å². The summed E-state index contributed by atoms with van der Waals surface area (Å²) in [5.41, 5.74) is 0. The van der Waals surface area contributed by atoms with Crippen LogP contribution in [0.5, 0.6) is 0 Å². The highest BCUT2D eigenvalue weighted by atomic mass is 31.2. The predicted molar refractivity (Wildman–Crippen MR) is 50.0 cm³/mol. The molecule has 0 saturated carbocycles. The molecule has 0 saturated heterocycles. The van der Waals surface area contributed by atoms with Gasteiger partial charge >= 0.3 is 7.60 Å². The molecular formula is C8H15FO5P-. The van der Waals surface area contributed by atoms with Crippen molar-refractivity contribution in [2.45, 2.75) is 32.6 Å². The zero-order valence-corrected chi connectivity index (χ0v) is 9.88. The molecule has 90 valence electrons.